The largest absolute Gasteiger partial charge is 0.507 e. The molecule has 0 unspecified atom stereocenters. The highest BCUT2D eigenvalue weighted by molar-refractivity contribution is 5.50. The van der Waals surface area contributed by atoms with Crippen molar-refractivity contribution < 1.29 is 5.11 Å². The second kappa shape index (κ2) is 4.77. The number of rotatable bonds is 2. The summed E-state index contributed by atoms with van der Waals surface area (Å²) in [7, 11) is 0. The molecule has 1 aromatic carbocycles. The number of hydrogen-bond acceptors (Lipinski definition) is 2. The van der Waals surface area contributed by atoms with Crippen LogP contribution in [0.5, 0.6) is 5.75 Å². The van der Waals surface area contributed by atoms with Gasteiger partial charge in [0.2, 0.25) is 0 Å². The summed E-state index contributed by atoms with van der Waals surface area (Å²) in [6.45, 7) is 12.8. The first-order valence-electron chi connectivity index (χ1n) is 7.65. The summed E-state index contributed by atoms with van der Waals surface area (Å²) in [4.78, 5) is 0. The van der Waals surface area contributed by atoms with Crippen molar-refractivity contribution in [3.05, 3.63) is 28.8 Å². The van der Waals surface area contributed by atoms with Gasteiger partial charge in [-0.1, -0.05) is 41.5 Å². The van der Waals surface area contributed by atoms with Gasteiger partial charge in [-0.25, -0.2) is 0 Å². The maximum atomic E-state index is 10.7. The fourth-order valence-corrected chi connectivity index (χ4v) is 2.72. The minimum atomic E-state index is -0.0800. The van der Waals surface area contributed by atoms with Crippen LogP contribution in [0.1, 0.15) is 77.1 Å². The highest BCUT2D eigenvalue weighted by atomic mass is 16.3. The fourth-order valence-electron chi connectivity index (χ4n) is 2.72. The first kappa shape index (κ1) is 15.4. The molecule has 3 N–H and O–H groups in total. The van der Waals surface area contributed by atoms with Crippen LogP contribution in [0.25, 0.3) is 0 Å². The number of hydrogen-bond donors (Lipinski definition) is 2. The van der Waals surface area contributed by atoms with Crippen LogP contribution >= 0.6 is 0 Å². The fraction of sp³-hybridized carbons (Fsp3) is 0.667. The third-order valence-corrected chi connectivity index (χ3v) is 4.26. The molecule has 20 heavy (non-hydrogen) atoms. The van der Waals surface area contributed by atoms with E-state index in [1.807, 2.05) is 0 Å². The predicted octanol–water partition coefficient (Wildman–Crippen LogP) is 4.40. The van der Waals surface area contributed by atoms with E-state index >= 15 is 0 Å². The van der Waals surface area contributed by atoms with Crippen molar-refractivity contribution in [1.29, 1.82) is 0 Å². The van der Waals surface area contributed by atoms with Gasteiger partial charge in [-0.2, -0.15) is 0 Å². The molecule has 0 bridgehead atoms. The van der Waals surface area contributed by atoms with Crippen LogP contribution < -0.4 is 5.73 Å². The van der Waals surface area contributed by atoms with E-state index < -0.39 is 0 Å². The Hall–Kier alpha value is -1.02. The molecule has 112 valence electrons. The van der Waals surface area contributed by atoms with Crippen molar-refractivity contribution in [1.82, 2.24) is 0 Å². The molecule has 1 saturated carbocycles. The molecule has 0 amide bonds. The van der Waals surface area contributed by atoms with Crippen LogP contribution in [0.4, 0.5) is 0 Å². The van der Waals surface area contributed by atoms with Crippen LogP contribution in [-0.4, -0.2) is 5.11 Å². The van der Waals surface area contributed by atoms with Crippen molar-refractivity contribution in [3.63, 3.8) is 0 Å². The van der Waals surface area contributed by atoms with Crippen LogP contribution in [0.3, 0.4) is 0 Å². The second-order valence-electron chi connectivity index (χ2n) is 8.33. The maximum absolute atomic E-state index is 10.7. The summed E-state index contributed by atoms with van der Waals surface area (Å²) >= 11 is 0. The second-order valence-corrected chi connectivity index (χ2v) is 8.33. The molecule has 1 aliphatic rings. The molecule has 0 radical (unpaired) electrons. The molecule has 0 aliphatic heterocycles. The monoisotopic (exact) mass is 275 g/mol. The van der Waals surface area contributed by atoms with Gasteiger partial charge in [0, 0.05) is 6.04 Å². The van der Waals surface area contributed by atoms with Crippen molar-refractivity contribution in [2.24, 2.45) is 11.7 Å². The normalized spacial score (nSPS) is 18.1. The SMILES string of the molecule is CC(C)(C)c1cc([C@H](N)C2CC2)cc(C(C)(C)C)c1O. The number of phenolic OH excluding ortho intramolecular Hbond substituents is 1. The molecule has 1 aromatic rings. The molecule has 2 rings (SSSR count). The summed E-state index contributed by atoms with van der Waals surface area (Å²) in [5.74, 6) is 1.07. The van der Waals surface area contributed by atoms with E-state index in [1.54, 1.807) is 0 Å². The number of aromatic hydroxyl groups is 1. The summed E-state index contributed by atoms with van der Waals surface area (Å²) in [6.07, 6.45) is 2.47. The van der Waals surface area contributed by atoms with Gasteiger partial charge in [-0.05, 0) is 58.4 Å². The Balaban J connectivity index is 2.59. The lowest BCUT2D eigenvalue weighted by molar-refractivity contribution is 0.421. The summed E-state index contributed by atoms with van der Waals surface area (Å²) in [5, 5.41) is 10.7. The summed E-state index contributed by atoms with van der Waals surface area (Å²) < 4.78 is 0. The lowest BCUT2D eigenvalue weighted by Crippen LogP contribution is -2.20. The van der Waals surface area contributed by atoms with Crippen LogP contribution in [-0.2, 0) is 10.8 Å². The van der Waals surface area contributed by atoms with Crippen molar-refractivity contribution >= 4 is 0 Å². The topological polar surface area (TPSA) is 46.2 Å². The lowest BCUT2D eigenvalue weighted by atomic mass is 9.77. The Morgan fingerprint density at radius 2 is 1.40 bits per heavy atom. The zero-order valence-electron chi connectivity index (χ0n) is 13.7. The van der Waals surface area contributed by atoms with Gasteiger partial charge in [0.05, 0.1) is 0 Å². The predicted molar refractivity (Wildman–Crippen MR) is 85.2 cm³/mol. The van der Waals surface area contributed by atoms with Gasteiger partial charge in [0.25, 0.3) is 0 Å². The van der Waals surface area contributed by atoms with Gasteiger partial charge >= 0.3 is 0 Å². The highest BCUT2D eigenvalue weighted by Crippen LogP contribution is 2.44. The van der Waals surface area contributed by atoms with E-state index in [0.717, 1.165) is 11.1 Å². The van der Waals surface area contributed by atoms with Crippen LogP contribution in [0.2, 0.25) is 0 Å². The Morgan fingerprint density at radius 3 is 1.70 bits per heavy atom. The van der Waals surface area contributed by atoms with E-state index in [2.05, 4.69) is 53.7 Å². The van der Waals surface area contributed by atoms with E-state index in [4.69, 9.17) is 5.73 Å². The first-order chi connectivity index (χ1) is 9.01. The number of benzene rings is 1. The average molecular weight is 275 g/mol. The molecule has 2 nitrogen and oxygen atoms in total. The van der Waals surface area contributed by atoms with Crippen LogP contribution in [0.15, 0.2) is 12.1 Å². The number of phenols is 1. The van der Waals surface area contributed by atoms with Crippen LogP contribution in [0, 0.1) is 5.92 Å². The van der Waals surface area contributed by atoms with E-state index in [-0.39, 0.29) is 16.9 Å². The van der Waals surface area contributed by atoms with E-state index in [0.29, 0.717) is 11.7 Å². The molecule has 1 aliphatic carbocycles. The number of nitrogens with two attached hydrogens (primary N) is 1. The van der Waals surface area contributed by atoms with Gasteiger partial charge in [-0.15, -0.1) is 0 Å². The molecule has 1 fully saturated rings. The van der Waals surface area contributed by atoms with Gasteiger partial charge in [0.1, 0.15) is 5.75 Å². The third-order valence-electron chi connectivity index (χ3n) is 4.26. The Kier molecular flexibility index (Phi) is 3.66. The Labute approximate surface area is 123 Å². The Bertz CT molecular complexity index is 466. The van der Waals surface area contributed by atoms with E-state index in [1.165, 1.54) is 18.4 Å². The molecule has 0 spiro atoms. The molecule has 1 atom stereocenters. The molecule has 0 heterocycles. The molecular weight excluding hydrogens is 246 g/mol. The molecule has 2 heteroatoms. The smallest absolute Gasteiger partial charge is 0.123 e. The van der Waals surface area contributed by atoms with Gasteiger partial charge < -0.3 is 10.8 Å². The summed E-state index contributed by atoms with van der Waals surface area (Å²) in [5.41, 5.74) is 9.43. The van der Waals surface area contributed by atoms with Crippen molar-refractivity contribution in [2.75, 3.05) is 0 Å². The molecule has 0 aromatic heterocycles. The minimum Gasteiger partial charge on any atom is -0.507 e. The molecule has 0 saturated heterocycles. The maximum Gasteiger partial charge on any atom is 0.123 e. The average Bonchev–Trinajstić information content (AvgIpc) is 3.08. The zero-order chi connectivity index (χ0) is 15.3. The van der Waals surface area contributed by atoms with E-state index in [9.17, 15) is 5.11 Å². The standard InChI is InChI=1S/C18H29NO/c1-17(2,3)13-9-12(15(19)11-7-8-11)10-14(16(13)20)18(4,5)6/h9-11,15,20H,7-8,19H2,1-6H3/t15-/m1/s1. The quantitative estimate of drug-likeness (QED) is 0.840. The van der Waals surface area contributed by atoms with Crippen molar-refractivity contribution in [2.45, 2.75) is 71.3 Å². The summed E-state index contributed by atoms with van der Waals surface area (Å²) in [6, 6.07) is 4.35. The van der Waals surface area contributed by atoms with Gasteiger partial charge in [-0.3, -0.25) is 0 Å². The lowest BCUT2D eigenvalue weighted by Gasteiger charge is -2.29. The molecular formula is C18H29NO. The minimum absolute atomic E-state index is 0.0800. The third kappa shape index (κ3) is 3.01. The first-order valence-corrected chi connectivity index (χ1v) is 7.65. The zero-order valence-corrected chi connectivity index (χ0v) is 13.7. The van der Waals surface area contributed by atoms with Gasteiger partial charge in [0.15, 0.2) is 0 Å². The van der Waals surface area contributed by atoms with Crippen molar-refractivity contribution in [3.8, 4) is 5.75 Å². The Morgan fingerprint density at radius 1 is 1.00 bits per heavy atom. The highest BCUT2D eigenvalue weighted by Gasteiger charge is 2.33.